The van der Waals surface area contributed by atoms with Crippen LogP contribution >= 0.6 is 11.3 Å². The SMILES string of the molecule is Cc1nn(C)cc1CN1CCC(c2c(C#CC(C)(C)C)csc2C(=O)O)=C(C2CCC(C)CC2)C1. The van der Waals surface area contributed by atoms with Gasteiger partial charge in [0.15, 0.2) is 0 Å². The zero-order chi connectivity index (χ0) is 25.3. The van der Waals surface area contributed by atoms with Crippen molar-refractivity contribution in [1.82, 2.24) is 14.7 Å². The second kappa shape index (κ2) is 10.3. The highest BCUT2D eigenvalue weighted by molar-refractivity contribution is 7.12. The lowest BCUT2D eigenvalue weighted by Gasteiger charge is -2.37. The molecular formula is C29H39N3O2S. The van der Waals surface area contributed by atoms with Crippen LogP contribution < -0.4 is 0 Å². The summed E-state index contributed by atoms with van der Waals surface area (Å²) in [7, 11) is 1.98. The predicted molar refractivity (Wildman–Crippen MR) is 143 cm³/mol. The maximum atomic E-state index is 12.3. The lowest BCUT2D eigenvalue weighted by molar-refractivity contribution is 0.0701. The largest absolute Gasteiger partial charge is 0.477 e. The van der Waals surface area contributed by atoms with E-state index in [0.717, 1.165) is 48.8 Å². The lowest BCUT2D eigenvalue weighted by atomic mass is 9.75. The van der Waals surface area contributed by atoms with E-state index in [4.69, 9.17) is 0 Å². The summed E-state index contributed by atoms with van der Waals surface area (Å²) in [4.78, 5) is 15.2. The van der Waals surface area contributed by atoms with Crippen molar-refractivity contribution in [2.75, 3.05) is 13.1 Å². The number of carboxylic acids is 1. The number of nitrogens with zero attached hydrogens (tertiary/aromatic N) is 3. The number of carbonyl (C=O) groups is 1. The Kier molecular flexibility index (Phi) is 7.59. The Labute approximate surface area is 214 Å². The number of aryl methyl sites for hydroxylation is 2. The minimum absolute atomic E-state index is 0.135. The fraction of sp³-hybridized carbons (Fsp3) is 0.586. The maximum absolute atomic E-state index is 12.3. The van der Waals surface area contributed by atoms with Crippen molar-refractivity contribution >= 4 is 22.9 Å². The van der Waals surface area contributed by atoms with Gasteiger partial charge in [0.1, 0.15) is 4.88 Å². The summed E-state index contributed by atoms with van der Waals surface area (Å²) in [5.41, 5.74) is 6.70. The molecule has 0 saturated heterocycles. The van der Waals surface area contributed by atoms with Gasteiger partial charge < -0.3 is 5.11 Å². The van der Waals surface area contributed by atoms with E-state index in [-0.39, 0.29) is 5.41 Å². The average molecular weight is 494 g/mol. The molecule has 2 aromatic rings. The van der Waals surface area contributed by atoms with Crippen molar-refractivity contribution in [2.24, 2.45) is 24.3 Å². The normalized spacial score (nSPS) is 21.7. The molecule has 1 fully saturated rings. The molecule has 5 nitrogen and oxygen atoms in total. The minimum Gasteiger partial charge on any atom is -0.477 e. The van der Waals surface area contributed by atoms with Gasteiger partial charge in [-0.3, -0.25) is 9.58 Å². The van der Waals surface area contributed by atoms with Crippen LogP contribution in [0, 0.1) is 36.0 Å². The smallest absolute Gasteiger partial charge is 0.346 e. The predicted octanol–water partition coefficient (Wildman–Crippen LogP) is 6.37. The summed E-state index contributed by atoms with van der Waals surface area (Å²) in [6.45, 7) is 13.4. The van der Waals surface area contributed by atoms with Crippen LogP contribution in [0.2, 0.25) is 0 Å². The Morgan fingerprint density at radius 3 is 2.57 bits per heavy atom. The third-order valence-corrected chi connectivity index (χ3v) is 8.30. The number of aromatic nitrogens is 2. The van der Waals surface area contributed by atoms with Gasteiger partial charge in [-0.05, 0) is 69.9 Å². The fourth-order valence-corrected chi connectivity index (χ4v) is 6.32. The Morgan fingerprint density at radius 2 is 1.97 bits per heavy atom. The molecule has 0 spiro atoms. The highest BCUT2D eigenvalue weighted by Crippen LogP contribution is 2.42. The molecule has 0 radical (unpaired) electrons. The van der Waals surface area contributed by atoms with E-state index in [1.807, 2.05) is 17.1 Å². The van der Waals surface area contributed by atoms with Gasteiger partial charge in [-0.25, -0.2) is 4.79 Å². The Hall–Kier alpha value is -2.36. The van der Waals surface area contributed by atoms with Gasteiger partial charge in [0.25, 0.3) is 0 Å². The lowest BCUT2D eigenvalue weighted by Crippen LogP contribution is -2.34. The topological polar surface area (TPSA) is 58.4 Å². The van der Waals surface area contributed by atoms with Crippen LogP contribution in [0.15, 0.2) is 17.2 Å². The summed E-state index contributed by atoms with van der Waals surface area (Å²) in [5, 5.41) is 16.6. The maximum Gasteiger partial charge on any atom is 0.346 e. The molecule has 3 heterocycles. The summed E-state index contributed by atoms with van der Waals surface area (Å²) < 4.78 is 1.89. The first-order chi connectivity index (χ1) is 16.5. The molecule has 188 valence electrons. The van der Waals surface area contributed by atoms with E-state index < -0.39 is 5.97 Å². The molecule has 0 amide bonds. The fourth-order valence-electron chi connectivity index (χ4n) is 5.46. The number of thiophene rings is 1. The molecule has 6 heteroatoms. The van der Waals surface area contributed by atoms with E-state index >= 15 is 0 Å². The Morgan fingerprint density at radius 1 is 1.26 bits per heavy atom. The molecule has 35 heavy (non-hydrogen) atoms. The van der Waals surface area contributed by atoms with Crippen molar-refractivity contribution in [3.63, 3.8) is 0 Å². The van der Waals surface area contributed by atoms with Crippen molar-refractivity contribution < 1.29 is 9.90 Å². The third kappa shape index (κ3) is 6.08. The van der Waals surface area contributed by atoms with Gasteiger partial charge in [-0.2, -0.15) is 5.10 Å². The summed E-state index contributed by atoms with van der Waals surface area (Å²) >= 11 is 1.32. The highest BCUT2D eigenvalue weighted by Gasteiger charge is 2.32. The van der Waals surface area contributed by atoms with Crippen molar-refractivity contribution in [3.8, 4) is 11.8 Å². The summed E-state index contributed by atoms with van der Waals surface area (Å²) in [6, 6.07) is 0. The highest BCUT2D eigenvalue weighted by atomic mass is 32.1. The Bertz CT molecular complexity index is 1180. The number of carboxylic acid groups (broad SMARTS) is 1. The van der Waals surface area contributed by atoms with Crippen LogP contribution in [-0.4, -0.2) is 38.8 Å². The quantitative estimate of drug-likeness (QED) is 0.492. The van der Waals surface area contributed by atoms with Crippen molar-refractivity contribution in [3.05, 3.63) is 44.4 Å². The molecule has 2 aromatic heterocycles. The zero-order valence-corrected chi connectivity index (χ0v) is 22.9. The molecule has 2 aliphatic rings. The average Bonchev–Trinajstić information content (AvgIpc) is 3.35. The van der Waals surface area contributed by atoms with Gasteiger partial charge in [0.05, 0.1) is 5.69 Å². The number of hydrogen-bond donors (Lipinski definition) is 1. The molecule has 0 unspecified atom stereocenters. The van der Waals surface area contributed by atoms with Gasteiger partial charge in [-0.1, -0.05) is 31.6 Å². The van der Waals surface area contributed by atoms with Crippen molar-refractivity contribution in [2.45, 2.75) is 73.3 Å². The minimum atomic E-state index is -0.841. The molecular weight excluding hydrogens is 454 g/mol. The first-order valence-corrected chi connectivity index (χ1v) is 13.7. The van der Waals surface area contributed by atoms with Crippen LogP contribution in [0.1, 0.15) is 91.9 Å². The van der Waals surface area contributed by atoms with Gasteiger partial charge in [0, 0.05) is 60.4 Å². The van der Waals surface area contributed by atoms with Gasteiger partial charge in [0.2, 0.25) is 0 Å². The summed E-state index contributed by atoms with van der Waals surface area (Å²) in [6.07, 6.45) is 7.86. The Balaban J connectivity index is 1.76. The van der Waals surface area contributed by atoms with Crippen LogP contribution in [0.25, 0.3) is 5.57 Å². The monoisotopic (exact) mass is 493 g/mol. The van der Waals surface area contributed by atoms with Gasteiger partial charge in [-0.15, -0.1) is 11.3 Å². The first kappa shape index (κ1) is 25.7. The second-order valence-corrected chi connectivity index (χ2v) is 12.4. The van der Waals surface area contributed by atoms with Crippen LogP contribution in [0.3, 0.4) is 0 Å². The molecule has 0 atom stereocenters. The summed E-state index contributed by atoms with van der Waals surface area (Å²) in [5.74, 6) is 7.15. The molecule has 0 bridgehead atoms. The molecule has 1 N–H and O–H groups in total. The van der Waals surface area contributed by atoms with E-state index in [0.29, 0.717) is 10.8 Å². The van der Waals surface area contributed by atoms with Crippen LogP contribution in [0.5, 0.6) is 0 Å². The van der Waals surface area contributed by atoms with E-state index in [1.54, 1.807) is 0 Å². The standard InChI is InChI=1S/C29H39N3O2S/c1-19-7-9-21(10-8-19)25-17-32(16-23-15-31(6)30-20(23)2)14-12-24(25)26-22(11-13-29(3,4)5)18-35-27(26)28(33)34/h15,18-19,21H,7-10,12,14,16-17H2,1-6H3,(H,33,34). The first-order valence-electron chi connectivity index (χ1n) is 12.8. The second-order valence-electron chi connectivity index (χ2n) is 11.5. The number of rotatable bonds is 5. The van der Waals surface area contributed by atoms with Gasteiger partial charge >= 0.3 is 5.97 Å². The zero-order valence-electron chi connectivity index (χ0n) is 22.1. The van der Waals surface area contributed by atoms with Crippen molar-refractivity contribution in [1.29, 1.82) is 0 Å². The van der Waals surface area contributed by atoms with Crippen LogP contribution in [0.4, 0.5) is 0 Å². The molecule has 1 aliphatic carbocycles. The molecule has 1 saturated carbocycles. The van der Waals surface area contributed by atoms with E-state index in [1.165, 1.54) is 53.7 Å². The number of hydrogen-bond acceptors (Lipinski definition) is 4. The molecule has 0 aromatic carbocycles. The molecule has 1 aliphatic heterocycles. The number of aromatic carboxylic acids is 1. The third-order valence-electron chi connectivity index (χ3n) is 7.34. The van der Waals surface area contributed by atoms with E-state index in [2.05, 4.69) is 62.7 Å². The van der Waals surface area contributed by atoms with E-state index in [9.17, 15) is 9.90 Å². The van der Waals surface area contributed by atoms with Crippen LogP contribution in [-0.2, 0) is 13.6 Å². The molecule has 4 rings (SSSR count).